The SMILES string of the molecule is CCC(CC)(OC)C(CCc1ccccc1)NN. The molecule has 0 heterocycles. The van der Waals surface area contributed by atoms with Crippen molar-refractivity contribution >= 4 is 0 Å². The third-order valence-electron chi connectivity index (χ3n) is 4.00. The van der Waals surface area contributed by atoms with Crippen molar-refractivity contribution in [2.24, 2.45) is 5.84 Å². The fourth-order valence-electron chi connectivity index (χ4n) is 2.63. The Bertz CT molecular complexity index is 314. The van der Waals surface area contributed by atoms with E-state index in [2.05, 4.69) is 43.5 Å². The maximum Gasteiger partial charge on any atom is 0.0839 e. The van der Waals surface area contributed by atoms with Crippen molar-refractivity contribution in [3.63, 3.8) is 0 Å². The topological polar surface area (TPSA) is 47.3 Å². The van der Waals surface area contributed by atoms with Crippen LogP contribution in [0.25, 0.3) is 0 Å². The molecule has 0 aliphatic heterocycles. The summed E-state index contributed by atoms with van der Waals surface area (Å²) in [6, 6.07) is 10.7. The van der Waals surface area contributed by atoms with E-state index in [1.807, 2.05) is 6.07 Å². The standard InChI is InChI=1S/C15H26N2O/c1-4-15(5-2,18-3)14(17-16)12-11-13-9-7-6-8-10-13/h6-10,14,17H,4-5,11-12,16H2,1-3H3. The maximum atomic E-state index is 5.74. The summed E-state index contributed by atoms with van der Waals surface area (Å²) in [6.45, 7) is 4.31. The van der Waals surface area contributed by atoms with E-state index < -0.39 is 0 Å². The molecular formula is C15H26N2O. The first kappa shape index (κ1) is 15.2. The van der Waals surface area contributed by atoms with E-state index >= 15 is 0 Å². The molecule has 0 radical (unpaired) electrons. The van der Waals surface area contributed by atoms with Crippen LogP contribution in [0.2, 0.25) is 0 Å². The molecule has 0 spiro atoms. The summed E-state index contributed by atoms with van der Waals surface area (Å²) >= 11 is 0. The molecule has 0 aromatic heterocycles. The molecule has 102 valence electrons. The van der Waals surface area contributed by atoms with Crippen LogP contribution in [0, 0.1) is 0 Å². The van der Waals surface area contributed by atoms with Gasteiger partial charge in [0.2, 0.25) is 0 Å². The van der Waals surface area contributed by atoms with Crippen molar-refractivity contribution in [2.45, 2.75) is 51.2 Å². The minimum absolute atomic E-state index is 0.163. The molecule has 0 saturated heterocycles. The molecule has 1 unspecified atom stereocenters. The van der Waals surface area contributed by atoms with Gasteiger partial charge in [0, 0.05) is 7.11 Å². The summed E-state index contributed by atoms with van der Waals surface area (Å²) in [4.78, 5) is 0. The molecule has 0 fully saturated rings. The summed E-state index contributed by atoms with van der Waals surface area (Å²) < 4.78 is 5.74. The van der Waals surface area contributed by atoms with Gasteiger partial charge in [-0.15, -0.1) is 0 Å². The van der Waals surface area contributed by atoms with Crippen LogP contribution in [0.1, 0.15) is 38.7 Å². The zero-order valence-corrected chi connectivity index (χ0v) is 11.8. The van der Waals surface area contributed by atoms with Crippen LogP contribution in [0.3, 0.4) is 0 Å². The Hall–Kier alpha value is -0.900. The summed E-state index contributed by atoms with van der Waals surface area (Å²) in [7, 11) is 1.78. The van der Waals surface area contributed by atoms with E-state index in [0.717, 1.165) is 25.7 Å². The van der Waals surface area contributed by atoms with E-state index in [0.29, 0.717) is 0 Å². The largest absolute Gasteiger partial charge is 0.377 e. The number of benzene rings is 1. The fourth-order valence-corrected chi connectivity index (χ4v) is 2.63. The van der Waals surface area contributed by atoms with Crippen LogP contribution in [0.5, 0.6) is 0 Å². The van der Waals surface area contributed by atoms with Crippen LogP contribution < -0.4 is 11.3 Å². The second kappa shape index (κ2) is 7.52. The van der Waals surface area contributed by atoms with Crippen LogP contribution in [0.4, 0.5) is 0 Å². The molecule has 0 saturated carbocycles. The summed E-state index contributed by atoms with van der Waals surface area (Å²) in [6.07, 6.45) is 3.92. The van der Waals surface area contributed by atoms with E-state index in [1.54, 1.807) is 7.11 Å². The van der Waals surface area contributed by atoms with Gasteiger partial charge in [0.05, 0.1) is 11.6 Å². The highest BCUT2D eigenvalue weighted by Gasteiger charge is 2.34. The summed E-state index contributed by atoms with van der Waals surface area (Å²) in [5.74, 6) is 5.72. The van der Waals surface area contributed by atoms with Crippen molar-refractivity contribution in [1.29, 1.82) is 0 Å². The molecule has 0 amide bonds. The van der Waals surface area contributed by atoms with Gasteiger partial charge in [-0.3, -0.25) is 11.3 Å². The highest BCUT2D eigenvalue weighted by molar-refractivity contribution is 5.15. The Morgan fingerprint density at radius 2 is 1.83 bits per heavy atom. The highest BCUT2D eigenvalue weighted by atomic mass is 16.5. The second-order valence-electron chi connectivity index (χ2n) is 4.72. The van der Waals surface area contributed by atoms with Crippen molar-refractivity contribution in [1.82, 2.24) is 5.43 Å². The van der Waals surface area contributed by atoms with E-state index in [4.69, 9.17) is 10.6 Å². The predicted molar refractivity (Wildman–Crippen MR) is 76.2 cm³/mol. The van der Waals surface area contributed by atoms with Crippen molar-refractivity contribution in [3.05, 3.63) is 35.9 Å². The van der Waals surface area contributed by atoms with Gasteiger partial charge in [-0.25, -0.2) is 0 Å². The predicted octanol–water partition coefficient (Wildman–Crippen LogP) is 2.66. The van der Waals surface area contributed by atoms with Crippen molar-refractivity contribution in [3.8, 4) is 0 Å². The Morgan fingerprint density at radius 1 is 1.22 bits per heavy atom. The van der Waals surface area contributed by atoms with Gasteiger partial charge in [-0.05, 0) is 31.2 Å². The molecule has 1 rings (SSSR count). The first-order chi connectivity index (χ1) is 8.72. The zero-order valence-electron chi connectivity index (χ0n) is 11.8. The number of hydrazine groups is 1. The molecule has 18 heavy (non-hydrogen) atoms. The number of aryl methyl sites for hydroxylation is 1. The summed E-state index contributed by atoms with van der Waals surface area (Å²) in [5, 5.41) is 0. The molecule has 3 N–H and O–H groups in total. The average molecular weight is 250 g/mol. The number of methoxy groups -OCH3 is 1. The Labute approximate surface area is 111 Å². The van der Waals surface area contributed by atoms with Crippen LogP contribution in [-0.4, -0.2) is 18.8 Å². The zero-order chi connectivity index (χ0) is 13.4. The number of rotatable bonds is 8. The second-order valence-corrected chi connectivity index (χ2v) is 4.72. The van der Waals surface area contributed by atoms with E-state index in [9.17, 15) is 0 Å². The highest BCUT2D eigenvalue weighted by Crippen LogP contribution is 2.26. The number of nitrogens with one attached hydrogen (secondary N) is 1. The van der Waals surface area contributed by atoms with Gasteiger partial charge in [-0.2, -0.15) is 0 Å². The van der Waals surface area contributed by atoms with Gasteiger partial charge in [0.1, 0.15) is 0 Å². The molecule has 1 atom stereocenters. The number of nitrogens with two attached hydrogens (primary N) is 1. The minimum Gasteiger partial charge on any atom is -0.377 e. The average Bonchev–Trinajstić information content (AvgIpc) is 2.45. The lowest BCUT2D eigenvalue weighted by atomic mass is 9.85. The molecule has 1 aromatic rings. The van der Waals surface area contributed by atoms with Crippen LogP contribution >= 0.6 is 0 Å². The molecule has 1 aromatic carbocycles. The Morgan fingerprint density at radius 3 is 2.28 bits per heavy atom. The monoisotopic (exact) mass is 250 g/mol. The first-order valence-corrected chi connectivity index (χ1v) is 6.77. The molecule has 3 heteroatoms. The molecule has 0 bridgehead atoms. The van der Waals surface area contributed by atoms with Gasteiger partial charge in [0.25, 0.3) is 0 Å². The fraction of sp³-hybridized carbons (Fsp3) is 0.600. The molecular weight excluding hydrogens is 224 g/mol. The Balaban J connectivity index is 2.66. The van der Waals surface area contributed by atoms with Gasteiger partial charge in [-0.1, -0.05) is 44.2 Å². The lowest BCUT2D eigenvalue weighted by molar-refractivity contribution is -0.0493. The van der Waals surface area contributed by atoms with E-state index in [1.165, 1.54) is 5.56 Å². The smallest absolute Gasteiger partial charge is 0.0839 e. The number of hydrogen-bond acceptors (Lipinski definition) is 3. The van der Waals surface area contributed by atoms with E-state index in [-0.39, 0.29) is 11.6 Å². The Kier molecular flexibility index (Phi) is 6.33. The van der Waals surface area contributed by atoms with Crippen LogP contribution in [0.15, 0.2) is 30.3 Å². The number of hydrogen-bond donors (Lipinski definition) is 2. The quantitative estimate of drug-likeness (QED) is 0.551. The van der Waals surface area contributed by atoms with Gasteiger partial charge in [0.15, 0.2) is 0 Å². The lowest BCUT2D eigenvalue weighted by Crippen LogP contribution is -2.54. The third-order valence-corrected chi connectivity index (χ3v) is 4.00. The van der Waals surface area contributed by atoms with Gasteiger partial charge < -0.3 is 4.74 Å². The summed E-state index contributed by atoms with van der Waals surface area (Å²) in [5.41, 5.74) is 4.12. The van der Waals surface area contributed by atoms with Crippen molar-refractivity contribution in [2.75, 3.05) is 7.11 Å². The normalized spacial score (nSPS) is 13.6. The molecule has 0 aliphatic rings. The van der Waals surface area contributed by atoms with Crippen LogP contribution in [-0.2, 0) is 11.2 Å². The minimum atomic E-state index is -0.163. The third kappa shape index (κ3) is 3.55. The van der Waals surface area contributed by atoms with Gasteiger partial charge >= 0.3 is 0 Å². The van der Waals surface area contributed by atoms with Crippen molar-refractivity contribution < 1.29 is 4.74 Å². The maximum absolute atomic E-state index is 5.74. The molecule has 3 nitrogen and oxygen atoms in total. The lowest BCUT2D eigenvalue weighted by Gasteiger charge is -2.38. The number of ether oxygens (including phenoxy) is 1. The first-order valence-electron chi connectivity index (χ1n) is 6.77. The molecule has 0 aliphatic carbocycles.